The highest BCUT2D eigenvalue weighted by atomic mass is 16.5. The minimum atomic E-state index is -0.599. The Labute approximate surface area is 170 Å². The smallest absolute Gasteiger partial charge is 0.338 e. The van der Waals surface area contributed by atoms with Crippen LogP contribution in [0.2, 0.25) is 0 Å². The number of benzene rings is 1. The zero-order valence-corrected chi connectivity index (χ0v) is 16.8. The number of hydrogen-bond acceptors (Lipinski definition) is 6. The van der Waals surface area contributed by atoms with E-state index in [0.717, 1.165) is 24.9 Å². The van der Waals surface area contributed by atoms with Gasteiger partial charge in [-0.25, -0.2) is 9.59 Å². The van der Waals surface area contributed by atoms with Crippen LogP contribution in [0.1, 0.15) is 31.4 Å². The van der Waals surface area contributed by atoms with E-state index in [-0.39, 0.29) is 17.9 Å². The largest absolute Gasteiger partial charge is 0.466 e. The average molecular weight is 401 g/mol. The van der Waals surface area contributed by atoms with Crippen molar-refractivity contribution in [2.24, 2.45) is 5.92 Å². The van der Waals surface area contributed by atoms with Crippen molar-refractivity contribution in [3.63, 3.8) is 0 Å². The molecule has 0 aliphatic carbocycles. The third kappa shape index (κ3) is 4.95. The maximum absolute atomic E-state index is 12.6. The van der Waals surface area contributed by atoms with Gasteiger partial charge in [0.05, 0.1) is 31.2 Å². The number of amides is 2. The predicted octanol–water partition coefficient (Wildman–Crippen LogP) is 1.74. The van der Waals surface area contributed by atoms with Crippen molar-refractivity contribution in [1.82, 2.24) is 15.5 Å². The number of ether oxygens (including phenoxy) is 2. The first-order valence-electron chi connectivity index (χ1n) is 9.86. The fraction of sp³-hybridized carbons (Fsp3) is 0.476. The van der Waals surface area contributed by atoms with Gasteiger partial charge in [-0.1, -0.05) is 30.3 Å². The van der Waals surface area contributed by atoms with Crippen molar-refractivity contribution >= 4 is 18.0 Å². The van der Waals surface area contributed by atoms with Gasteiger partial charge in [-0.3, -0.25) is 9.69 Å². The third-order valence-electron chi connectivity index (χ3n) is 5.20. The highest BCUT2D eigenvalue weighted by molar-refractivity contribution is 5.95. The minimum Gasteiger partial charge on any atom is -0.466 e. The Bertz CT molecular complexity index is 793. The van der Waals surface area contributed by atoms with Crippen LogP contribution in [-0.4, -0.2) is 56.2 Å². The van der Waals surface area contributed by atoms with Gasteiger partial charge in [-0.15, -0.1) is 0 Å². The lowest BCUT2D eigenvalue weighted by Crippen LogP contribution is -2.49. The first kappa shape index (κ1) is 20.9. The van der Waals surface area contributed by atoms with Crippen molar-refractivity contribution in [3.05, 3.63) is 47.2 Å². The van der Waals surface area contributed by atoms with Gasteiger partial charge in [0.2, 0.25) is 0 Å². The molecule has 2 amide bonds. The van der Waals surface area contributed by atoms with Crippen LogP contribution in [0.3, 0.4) is 0 Å². The molecule has 0 spiro atoms. The number of carbonyl (C=O) groups excluding carboxylic acids is 3. The summed E-state index contributed by atoms with van der Waals surface area (Å²) in [7, 11) is 1.32. The van der Waals surface area contributed by atoms with E-state index in [1.54, 1.807) is 6.92 Å². The second-order valence-corrected chi connectivity index (χ2v) is 7.15. The molecule has 2 aliphatic rings. The van der Waals surface area contributed by atoms with Gasteiger partial charge in [0.25, 0.3) is 0 Å². The van der Waals surface area contributed by atoms with E-state index in [9.17, 15) is 14.4 Å². The Kier molecular flexibility index (Phi) is 6.87. The van der Waals surface area contributed by atoms with E-state index < -0.39 is 12.0 Å². The van der Waals surface area contributed by atoms with E-state index >= 15 is 0 Å². The summed E-state index contributed by atoms with van der Waals surface area (Å²) in [5, 5.41) is 5.58. The van der Waals surface area contributed by atoms with Gasteiger partial charge in [0.1, 0.15) is 0 Å². The molecular formula is C21H27N3O5. The lowest BCUT2D eigenvalue weighted by molar-refractivity contribution is -0.150. The van der Waals surface area contributed by atoms with Gasteiger partial charge < -0.3 is 20.1 Å². The van der Waals surface area contributed by atoms with E-state index in [0.29, 0.717) is 31.0 Å². The lowest BCUT2D eigenvalue weighted by atomic mass is 9.94. The second-order valence-electron chi connectivity index (χ2n) is 7.15. The normalized spacial score (nSPS) is 22.5. The first-order valence-corrected chi connectivity index (χ1v) is 9.86. The molecule has 2 atom stereocenters. The van der Waals surface area contributed by atoms with Crippen LogP contribution in [0.15, 0.2) is 41.6 Å². The Morgan fingerprint density at radius 2 is 2.00 bits per heavy atom. The number of esters is 2. The molecule has 8 nitrogen and oxygen atoms in total. The quantitative estimate of drug-likeness (QED) is 0.705. The van der Waals surface area contributed by atoms with Crippen LogP contribution in [0.25, 0.3) is 0 Å². The molecule has 0 aromatic heterocycles. The zero-order valence-electron chi connectivity index (χ0n) is 16.8. The van der Waals surface area contributed by atoms with E-state index in [1.807, 2.05) is 30.3 Å². The maximum Gasteiger partial charge on any atom is 0.338 e. The van der Waals surface area contributed by atoms with Gasteiger partial charge in [0, 0.05) is 18.8 Å². The highest BCUT2D eigenvalue weighted by Crippen LogP contribution is 2.28. The number of hydrogen-bond donors (Lipinski definition) is 2. The van der Waals surface area contributed by atoms with Crippen molar-refractivity contribution in [1.29, 1.82) is 0 Å². The summed E-state index contributed by atoms with van der Waals surface area (Å²) >= 11 is 0. The van der Waals surface area contributed by atoms with Gasteiger partial charge in [-0.05, 0) is 31.9 Å². The molecule has 0 radical (unpaired) electrons. The van der Waals surface area contributed by atoms with Crippen molar-refractivity contribution in [2.75, 3.05) is 33.4 Å². The maximum atomic E-state index is 12.6. The Morgan fingerprint density at radius 1 is 1.24 bits per heavy atom. The number of likely N-dealkylation sites (tertiary alicyclic amines) is 1. The number of rotatable bonds is 6. The van der Waals surface area contributed by atoms with Crippen LogP contribution >= 0.6 is 0 Å². The average Bonchev–Trinajstić information content (AvgIpc) is 2.74. The number of nitrogens with one attached hydrogen (secondary N) is 2. The van der Waals surface area contributed by atoms with Gasteiger partial charge in [0.15, 0.2) is 0 Å². The molecule has 1 aromatic carbocycles. The monoisotopic (exact) mass is 401 g/mol. The summed E-state index contributed by atoms with van der Waals surface area (Å²) in [5.41, 5.74) is 1.67. The van der Waals surface area contributed by atoms with Crippen molar-refractivity contribution in [3.8, 4) is 0 Å². The summed E-state index contributed by atoms with van der Waals surface area (Å²) in [6, 6.07) is 8.32. The van der Waals surface area contributed by atoms with E-state index in [2.05, 4.69) is 15.5 Å². The highest BCUT2D eigenvalue weighted by Gasteiger charge is 2.35. The van der Waals surface area contributed by atoms with Crippen LogP contribution < -0.4 is 10.6 Å². The molecule has 1 fully saturated rings. The number of piperidine rings is 1. The predicted molar refractivity (Wildman–Crippen MR) is 106 cm³/mol. The zero-order chi connectivity index (χ0) is 20.8. The molecule has 1 saturated heterocycles. The molecule has 3 rings (SSSR count). The van der Waals surface area contributed by atoms with Crippen LogP contribution in [-0.2, 0) is 19.1 Å². The first-order chi connectivity index (χ1) is 14.0. The fourth-order valence-electron chi connectivity index (χ4n) is 3.86. The number of methoxy groups -OCH3 is 1. The topological polar surface area (TPSA) is 97.0 Å². The Morgan fingerprint density at radius 3 is 2.69 bits per heavy atom. The Hall–Kier alpha value is -2.87. The number of carbonyl (C=O) groups is 3. The molecule has 2 aliphatic heterocycles. The molecule has 0 unspecified atom stereocenters. The minimum absolute atomic E-state index is 0.198. The van der Waals surface area contributed by atoms with Gasteiger partial charge in [-0.2, -0.15) is 0 Å². The van der Waals surface area contributed by atoms with Crippen molar-refractivity contribution in [2.45, 2.75) is 25.8 Å². The Balaban J connectivity index is 1.87. The summed E-state index contributed by atoms with van der Waals surface area (Å²) < 4.78 is 10.2. The molecule has 156 valence electrons. The molecule has 0 saturated carbocycles. The molecule has 2 heterocycles. The molecule has 0 bridgehead atoms. The second kappa shape index (κ2) is 9.56. The standard InChI is InChI=1S/C21H27N3O5/c1-3-29-19(25)15-10-7-11-24(12-15)13-16-17(20(26)28-2)18(23-21(27)22-16)14-8-5-4-6-9-14/h4-6,8-9,15,18H,3,7,10-13H2,1-2H3,(H2,22,23,27)/t15-,18+/m1/s1. The molecule has 8 heteroatoms. The van der Waals surface area contributed by atoms with Crippen LogP contribution in [0, 0.1) is 5.92 Å². The van der Waals surface area contributed by atoms with Crippen molar-refractivity contribution < 1.29 is 23.9 Å². The third-order valence-corrected chi connectivity index (χ3v) is 5.20. The molecule has 29 heavy (non-hydrogen) atoms. The molecular weight excluding hydrogens is 374 g/mol. The summed E-state index contributed by atoms with van der Waals surface area (Å²) in [5.74, 6) is -0.899. The molecule has 1 aromatic rings. The summed E-state index contributed by atoms with van der Waals surface area (Å²) in [6.07, 6.45) is 1.62. The van der Waals surface area contributed by atoms with E-state index in [4.69, 9.17) is 9.47 Å². The fourth-order valence-corrected chi connectivity index (χ4v) is 3.86. The molecule has 2 N–H and O–H groups in total. The summed E-state index contributed by atoms with van der Waals surface area (Å²) in [4.78, 5) is 39.1. The van der Waals surface area contributed by atoms with E-state index in [1.165, 1.54) is 7.11 Å². The summed E-state index contributed by atoms with van der Waals surface area (Å²) in [6.45, 7) is 3.79. The van der Waals surface area contributed by atoms with Crippen LogP contribution in [0.5, 0.6) is 0 Å². The van der Waals surface area contributed by atoms with Gasteiger partial charge >= 0.3 is 18.0 Å². The number of nitrogens with zero attached hydrogens (tertiary/aromatic N) is 1. The lowest BCUT2D eigenvalue weighted by Gasteiger charge is -2.35. The SMILES string of the molecule is CCOC(=O)[C@@H]1CCCN(CC2=C(C(=O)OC)[C@H](c3ccccc3)NC(=O)N2)C1. The van der Waals surface area contributed by atoms with Crippen LogP contribution in [0.4, 0.5) is 4.79 Å². The number of urea groups is 1.